The van der Waals surface area contributed by atoms with E-state index < -0.39 is 11.6 Å². The minimum Gasteiger partial charge on any atom is -0.487 e. The van der Waals surface area contributed by atoms with E-state index in [-0.39, 0.29) is 17.9 Å². The molecule has 1 saturated carbocycles. The van der Waals surface area contributed by atoms with Gasteiger partial charge in [-0.05, 0) is 36.5 Å². The third kappa shape index (κ3) is 3.19. The van der Waals surface area contributed by atoms with E-state index >= 15 is 0 Å². The van der Waals surface area contributed by atoms with Crippen molar-refractivity contribution in [3.8, 4) is 5.75 Å². The molecular formula is C14H18F2O2. The number of hydrogen-bond acceptors (Lipinski definition) is 2. The predicted octanol–water partition coefficient (Wildman–Crippen LogP) is 3.42. The molecule has 100 valence electrons. The molecule has 2 rings (SSSR count). The summed E-state index contributed by atoms with van der Waals surface area (Å²) in [5.41, 5.74) is 0.218. The van der Waals surface area contributed by atoms with Crippen molar-refractivity contribution in [2.24, 2.45) is 5.92 Å². The van der Waals surface area contributed by atoms with Gasteiger partial charge in [0.25, 0.3) is 0 Å². The Balaban J connectivity index is 2.00. The van der Waals surface area contributed by atoms with Crippen LogP contribution in [0, 0.1) is 17.6 Å². The second-order valence-electron chi connectivity index (χ2n) is 4.86. The van der Waals surface area contributed by atoms with Crippen LogP contribution in [0.3, 0.4) is 0 Å². The van der Waals surface area contributed by atoms with Gasteiger partial charge in [-0.25, -0.2) is 8.78 Å². The first-order chi connectivity index (χ1) is 8.70. The van der Waals surface area contributed by atoms with E-state index in [0.717, 1.165) is 25.0 Å². The summed E-state index contributed by atoms with van der Waals surface area (Å²) in [5.74, 6) is -1.41. The summed E-state index contributed by atoms with van der Waals surface area (Å²) in [6.45, 7) is -0.0109. The molecule has 4 heteroatoms. The third-order valence-corrected chi connectivity index (χ3v) is 3.43. The average Bonchev–Trinajstić information content (AvgIpc) is 2.38. The molecule has 0 saturated heterocycles. The second kappa shape index (κ2) is 6.14. The van der Waals surface area contributed by atoms with Gasteiger partial charge in [-0.2, -0.15) is 0 Å². The van der Waals surface area contributed by atoms with Crippen molar-refractivity contribution < 1.29 is 18.6 Å². The average molecular weight is 256 g/mol. The molecule has 1 aliphatic carbocycles. The molecule has 0 bridgehead atoms. The Morgan fingerprint density at radius 1 is 1.11 bits per heavy atom. The lowest BCUT2D eigenvalue weighted by Crippen LogP contribution is -2.16. The van der Waals surface area contributed by atoms with Gasteiger partial charge in [0.05, 0.1) is 13.2 Å². The summed E-state index contributed by atoms with van der Waals surface area (Å²) >= 11 is 0. The van der Waals surface area contributed by atoms with Crippen molar-refractivity contribution in [2.45, 2.75) is 38.7 Å². The smallest absolute Gasteiger partial charge is 0.190 e. The largest absolute Gasteiger partial charge is 0.487 e. The van der Waals surface area contributed by atoms with Gasteiger partial charge >= 0.3 is 0 Å². The summed E-state index contributed by atoms with van der Waals surface area (Å²) in [6, 6.07) is 2.22. The highest BCUT2D eigenvalue weighted by molar-refractivity contribution is 5.31. The molecule has 1 aliphatic rings. The minimum absolute atomic E-state index is 0.218. The van der Waals surface area contributed by atoms with Gasteiger partial charge in [-0.1, -0.05) is 19.3 Å². The summed E-state index contributed by atoms with van der Waals surface area (Å²) < 4.78 is 32.4. The van der Waals surface area contributed by atoms with Crippen molar-refractivity contribution in [3.05, 3.63) is 29.3 Å². The van der Waals surface area contributed by atoms with Crippen LogP contribution < -0.4 is 4.74 Å². The van der Waals surface area contributed by atoms with E-state index in [1.54, 1.807) is 0 Å². The Bertz CT molecular complexity index is 378. The topological polar surface area (TPSA) is 29.5 Å². The van der Waals surface area contributed by atoms with Gasteiger partial charge in [0.1, 0.15) is 0 Å². The quantitative estimate of drug-likeness (QED) is 0.894. The number of rotatable bonds is 4. The van der Waals surface area contributed by atoms with E-state index in [2.05, 4.69) is 0 Å². The molecule has 0 spiro atoms. The van der Waals surface area contributed by atoms with Crippen LogP contribution in [-0.4, -0.2) is 11.7 Å². The summed E-state index contributed by atoms with van der Waals surface area (Å²) in [7, 11) is 0. The molecule has 1 aromatic rings. The highest BCUT2D eigenvalue weighted by Gasteiger charge is 2.17. The van der Waals surface area contributed by atoms with Crippen molar-refractivity contribution >= 4 is 0 Å². The molecular weight excluding hydrogens is 238 g/mol. The van der Waals surface area contributed by atoms with Crippen LogP contribution in [0.2, 0.25) is 0 Å². The van der Waals surface area contributed by atoms with Gasteiger partial charge < -0.3 is 9.84 Å². The van der Waals surface area contributed by atoms with Gasteiger partial charge in [-0.3, -0.25) is 0 Å². The lowest BCUT2D eigenvalue weighted by atomic mass is 9.90. The first kappa shape index (κ1) is 13.3. The Kier molecular flexibility index (Phi) is 4.53. The molecule has 0 atom stereocenters. The molecule has 1 fully saturated rings. The number of ether oxygens (including phenoxy) is 1. The Hall–Kier alpha value is -1.16. The predicted molar refractivity (Wildman–Crippen MR) is 64.4 cm³/mol. The van der Waals surface area contributed by atoms with E-state index in [4.69, 9.17) is 9.84 Å². The van der Waals surface area contributed by atoms with Gasteiger partial charge in [0.2, 0.25) is 0 Å². The number of benzene rings is 1. The maximum atomic E-state index is 13.6. The molecule has 0 heterocycles. The first-order valence-corrected chi connectivity index (χ1v) is 6.42. The normalized spacial score (nSPS) is 16.8. The lowest BCUT2D eigenvalue weighted by molar-refractivity contribution is 0.195. The molecule has 1 N–H and O–H groups in total. The monoisotopic (exact) mass is 256 g/mol. The van der Waals surface area contributed by atoms with Crippen molar-refractivity contribution in [2.75, 3.05) is 6.61 Å². The van der Waals surface area contributed by atoms with Crippen LogP contribution in [0.15, 0.2) is 12.1 Å². The highest BCUT2D eigenvalue weighted by Crippen LogP contribution is 2.27. The van der Waals surface area contributed by atoms with E-state index in [9.17, 15) is 8.78 Å². The molecule has 1 aromatic carbocycles. The maximum absolute atomic E-state index is 13.6. The lowest BCUT2D eigenvalue weighted by Gasteiger charge is -2.22. The van der Waals surface area contributed by atoms with E-state index in [1.165, 1.54) is 19.3 Å². The van der Waals surface area contributed by atoms with E-state index in [0.29, 0.717) is 12.5 Å². The van der Waals surface area contributed by atoms with Crippen molar-refractivity contribution in [1.82, 2.24) is 0 Å². The van der Waals surface area contributed by atoms with Crippen LogP contribution in [0.1, 0.15) is 37.7 Å². The highest BCUT2D eigenvalue weighted by atomic mass is 19.1. The zero-order valence-corrected chi connectivity index (χ0v) is 10.3. The molecule has 2 nitrogen and oxygen atoms in total. The summed E-state index contributed by atoms with van der Waals surface area (Å²) in [6.07, 6.45) is 5.71. The van der Waals surface area contributed by atoms with Crippen molar-refractivity contribution in [1.29, 1.82) is 0 Å². The van der Waals surface area contributed by atoms with Crippen LogP contribution >= 0.6 is 0 Å². The van der Waals surface area contributed by atoms with Crippen LogP contribution in [-0.2, 0) is 6.61 Å². The van der Waals surface area contributed by atoms with Crippen LogP contribution in [0.4, 0.5) is 8.78 Å². The fraction of sp³-hybridized carbons (Fsp3) is 0.571. The molecule has 0 radical (unpaired) electrons. The number of hydrogen-bond donors (Lipinski definition) is 1. The zero-order chi connectivity index (χ0) is 13.0. The van der Waals surface area contributed by atoms with Gasteiger partial charge in [0, 0.05) is 0 Å². The molecule has 0 aromatic heterocycles. The minimum atomic E-state index is -0.741. The van der Waals surface area contributed by atoms with Crippen LogP contribution in [0.5, 0.6) is 5.75 Å². The number of halogens is 2. The van der Waals surface area contributed by atoms with Crippen LogP contribution in [0.25, 0.3) is 0 Å². The standard InChI is InChI=1S/C14H18F2O2/c15-12-6-11(8-17)7-13(16)14(12)18-9-10-4-2-1-3-5-10/h6-7,10,17H,1-5,8-9H2. The first-order valence-electron chi connectivity index (χ1n) is 6.42. The molecule has 18 heavy (non-hydrogen) atoms. The van der Waals surface area contributed by atoms with Gasteiger partial charge in [-0.15, -0.1) is 0 Å². The number of aliphatic hydroxyl groups is 1. The number of aliphatic hydroxyl groups excluding tert-OH is 1. The van der Waals surface area contributed by atoms with Crippen molar-refractivity contribution in [3.63, 3.8) is 0 Å². The second-order valence-corrected chi connectivity index (χ2v) is 4.86. The third-order valence-electron chi connectivity index (χ3n) is 3.43. The van der Waals surface area contributed by atoms with Gasteiger partial charge in [0.15, 0.2) is 17.4 Å². The maximum Gasteiger partial charge on any atom is 0.190 e. The summed E-state index contributed by atoms with van der Waals surface area (Å²) in [4.78, 5) is 0. The van der Waals surface area contributed by atoms with E-state index in [1.807, 2.05) is 0 Å². The molecule has 0 amide bonds. The molecule has 0 aliphatic heterocycles. The summed E-state index contributed by atoms with van der Waals surface area (Å²) in [5, 5.41) is 8.84. The Morgan fingerprint density at radius 2 is 1.72 bits per heavy atom. The Labute approximate surface area is 106 Å². The SMILES string of the molecule is OCc1cc(F)c(OCC2CCCCC2)c(F)c1. The fourth-order valence-corrected chi connectivity index (χ4v) is 2.40. The molecule has 0 unspecified atom stereocenters. The zero-order valence-electron chi connectivity index (χ0n) is 10.3. The fourth-order valence-electron chi connectivity index (χ4n) is 2.40. The Morgan fingerprint density at radius 3 is 2.28 bits per heavy atom.